The minimum absolute atomic E-state index is 0.426. The number of benzene rings is 1. The zero-order chi connectivity index (χ0) is 13.0. The fourth-order valence-corrected chi connectivity index (χ4v) is 2.57. The van der Waals surface area contributed by atoms with Crippen LogP contribution in [0.3, 0.4) is 0 Å². The summed E-state index contributed by atoms with van der Waals surface area (Å²) in [4.78, 5) is 2.38. The monoisotopic (exact) mass is 299 g/mol. The van der Waals surface area contributed by atoms with Crippen molar-refractivity contribution >= 4 is 15.9 Å². The van der Waals surface area contributed by atoms with Crippen LogP contribution in [0.5, 0.6) is 5.75 Å². The summed E-state index contributed by atoms with van der Waals surface area (Å²) >= 11 is 3.48. The lowest BCUT2D eigenvalue weighted by atomic mass is 10.1. The summed E-state index contributed by atoms with van der Waals surface area (Å²) in [6, 6.07) is 4.44. The summed E-state index contributed by atoms with van der Waals surface area (Å²) in [5.41, 5.74) is 1.92. The Labute approximate surface area is 113 Å². The van der Waals surface area contributed by atoms with Crippen molar-refractivity contribution in [3.05, 3.63) is 27.7 Å². The zero-order valence-corrected chi connectivity index (χ0v) is 12.7. The molecular weight excluding hydrogens is 278 g/mol. The van der Waals surface area contributed by atoms with Crippen LogP contribution in [0.25, 0.3) is 0 Å². The third kappa shape index (κ3) is 4.00. The molecule has 96 valence electrons. The fraction of sp³-hybridized carbons (Fsp3) is 0.571. The van der Waals surface area contributed by atoms with Gasteiger partial charge in [0.1, 0.15) is 5.75 Å². The van der Waals surface area contributed by atoms with E-state index in [1.807, 2.05) is 19.1 Å². The van der Waals surface area contributed by atoms with Gasteiger partial charge in [0.2, 0.25) is 0 Å². The second kappa shape index (κ2) is 6.41. The third-order valence-corrected chi connectivity index (χ3v) is 3.42. The number of nitrogens with zero attached hydrogens (tertiary/aromatic N) is 1. The molecule has 0 fully saturated rings. The average molecular weight is 300 g/mol. The molecule has 2 nitrogen and oxygen atoms in total. The molecule has 0 aliphatic heterocycles. The number of phenols is 1. The molecule has 1 aromatic rings. The number of aryl methyl sites for hydroxylation is 1. The van der Waals surface area contributed by atoms with Crippen molar-refractivity contribution in [2.24, 2.45) is 0 Å². The minimum atomic E-state index is 0.426. The van der Waals surface area contributed by atoms with E-state index in [1.165, 1.54) is 0 Å². The standard InChI is InChI=1S/C14H22BrNO/c1-5-6-16(10(2)3)9-12-8-13(15)7-11(4)14(12)17/h7-8,10,17H,5-6,9H2,1-4H3. The van der Waals surface area contributed by atoms with Gasteiger partial charge in [-0.15, -0.1) is 0 Å². The molecule has 1 aromatic carbocycles. The van der Waals surface area contributed by atoms with Gasteiger partial charge in [-0.1, -0.05) is 22.9 Å². The van der Waals surface area contributed by atoms with Crippen LogP contribution in [0.1, 0.15) is 38.3 Å². The van der Waals surface area contributed by atoms with Crippen LogP contribution in [0, 0.1) is 6.92 Å². The maximum absolute atomic E-state index is 10.1. The molecule has 0 aliphatic carbocycles. The van der Waals surface area contributed by atoms with E-state index < -0.39 is 0 Å². The quantitative estimate of drug-likeness (QED) is 0.885. The second-order valence-corrected chi connectivity index (χ2v) is 5.71. The number of phenolic OH excluding ortho intramolecular Hbond substituents is 1. The maximum Gasteiger partial charge on any atom is 0.123 e. The van der Waals surface area contributed by atoms with Gasteiger partial charge in [0, 0.05) is 22.6 Å². The number of hydrogen-bond acceptors (Lipinski definition) is 2. The molecule has 0 unspecified atom stereocenters. The molecule has 17 heavy (non-hydrogen) atoms. The summed E-state index contributed by atoms with van der Waals surface area (Å²) < 4.78 is 1.03. The number of aromatic hydroxyl groups is 1. The molecule has 0 atom stereocenters. The molecule has 0 radical (unpaired) electrons. The van der Waals surface area contributed by atoms with Crippen molar-refractivity contribution in [2.75, 3.05) is 6.54 Å². The Morgan fingerprint density at radius 1 is 1.35 bits per heavy atom. The Bertz CT molecular complexity index is 377. The van der Waals surface area contributed by atoms with Crippen LogP contribution < -0.4 is 0 Å². The van der Waals surface area contributed by atoms with E-state index in [1.54, 1.807) is 0 Å². The number of rotatable bonds is 5. The van der Waals surface area contributed by atoms with Gasteiger partial charge in [0.25, 0.3) is 0 Å². The van der Waals surface area contributed by atoms with Gasteiger partial charge < -0.3 is 5.11 Å². The second-order valence-electron chi connectivity index (χ2n) is 4.79. The van der Waals surface area contributed by atoms with E-state index in [4.69, 9.17) is 0 Å². The molecule has 0 bridgehead atoms. The molecule has 3 heteroatoms. The van der Waals surface area contributed by atoms with Gasteiger partial charge >= 0.3 is 0 Å². The van der Waals surface area contributed by atoms with Crippen LogP contribution in [0.15, 0.2) is 16.6 Å². The molecular formula is C14H22BrNO. The SMILES string of the molecule is CCCN(Cc1cc(Br)cc(C)c1O)C(C)C. The number of halogens is 1. The smallest absolute Gasteiger partial charge is 0.123 e. The Morgan fingerprint density at radius 3 is 2.53 bits per heavy atom. The first-order valence-corrected chi connectivity index (χ1v) is 6.97. The van der Waals surface area contributed by atoms with Crippen LogP contribution in [-0.4, -0.2) is 22.6 Å². The predicted molar refractivity (Wildman–Crippen MR) is 76.4 cm³/mol. The van der Waals surface area contributed by atoms with Crippen LogP contribution in [0.4, 0.5) is 0 Å². The lowest BCUT2D eigenvalue weighted by molar-refractivity contribution is 0.211. The largest absolute Gasteiger partial charge is 0.507 e. The predicted octanol–water partition coefficient (Wildman–Crippen LogP) is 4.08. The van der Waals surface area contributed by atoms with E-state index in [0.717, 1.165) is 35.1 Å². The van der Waals surface area contributed by atoms with E-state index in [2.05, 4.69) is 41.6 Å². The van der Waals surface area contributed by atoms with Gasteiger partial charge in [-0.25, -0.2) is 0 Å². The molecule has 1 N–H and O–H groups in total. The Balaban J connectivity index is 2.92. The van der Waals surface area contributed by atoms with E-state index in [-0.39, 0.29) is 0 Å². The summed E-state index contributed by atoms with van der Waals surface area (Å²) in [6.07, 6.45) is 1.13. The van der Waals surface area contributed by atoms with Crippen LogP contribution >= 0.6 is 15.9 Å². The van der Waals surface area contributed by atoms with Crippen molar-refractivity contribution in [3.8, 4) is 5.75 Å². The Morgan fingerprint density at radius 2 is 2.00 bits per heavy atom. The minimum Gasteiger partial charge on any atom is -0.507 e. The van der Waals surface area contributed by atoms with Crippen molar-refractivity contribution in [2.45, 2.75) is 46.7 Å². The normalized spacial score (nSPS) is 11.5. The van der Waals surface area contributed by atoms with Crippen molar-refractivity contribution in [1.82, 2.24) is 4.90 Å². The molecule has 0 spiro atoms. The molecule has 0 aromatic heterocycles. The van der Waals surface area contributed by atoms with Gasteiger partial charge in [-0.2, -0.15) is 0 Å². The number of hydrogen-bond donors (Lipinski definition) is 1. The van der Waals surface area contributed by atoms with Gasteiger partial charge in [0.15, 0.2) is 0 Å². The molecule has 1 rings (SSSR count). The summed E-state index contributed by atoms with van der Waals surface area (Å²) in [5.74, 6) is 0.426. The molecule has 0 saturated carbocycles. The molecule has 0 heterocycles. The Kier molecular flexibility index (Phi) is 5.47. The van der Waals surface area contributed by atoms with E-state index >= 15 is 0 Å². The highest BCUT2D eigenvalue weighted by atomic mass is 79.9. The summed E-state index contributed by atoms with van der Waals surface area (Å²) in [6.45, 7) is 10.4. The maximum atomic E-state index is 10.1. The van der Waals surface area contributed by atoms with Crippen molar-refractivity contribution < 1.29 is 5.11 Å². The highest BCUT2D eigenvalue weighted by Gasteiger charge is 2.13. The Hall–Kier alpha value is -0.540. The lowest BCUT2D eigenvalue weighted by Gasteiger charge is -2.26. The van der Waals surface area contributed by atoms with E-state index in [9.17, 15) is 5.11 Å². The topological polar surface area (TPSA) is 23.5 Å². The van der Waals surface area contributed by atoms with Crippen molar-refractivity contribution in [1.29, 1.82) is 0 Å². The first kappa shape index (κ1) is 14.5. The summed E-state index contributed by atoms with van der Waals surface area (Å²) in [7, 11) is 0. The van der Waals surface area contributed by atoms with E-state index in [0.29, 0.717) is 11.8 Å². The first-order chi connectivity index (χ1) is 7.95. The molecule has 0 aliphatic rings. The van der Waals surface area contributed by atoms with Gasteiger partial charge in [-0.05, 0) is 51.4 Å². The zero-order valence-electron chi connectivity index (χ0n) is 11.1. The highest BCUT2D eigenvalue weighted by Crippen LogP contribution is 2.28. The highest BCUT2D eigenvalue weighted by molar-refractivity contribution is 9.10. The van der Waals surface area contributed by atoms with Crippen molar-refractivity contribution in [3.63, 3.8) is 0 Å². The summed E-state index contributed by atoms with van der Waals surface area (Å²) in [5, 5.41) is 10.1. The van der Waals surface area contributed by atoms with Crippen LogP contribution in [-0.2, 0) is 6.54 Å². The lowest BCUT2D eigenvalue weighted by Crippen LogP contribution is -2.31. The fourth-order valence-electron chi connectivity index (χ4n) is 1.95. The molecule has 0 amide bonds. The third-order valence-electron chi connectivity index (χ3n) is 2.96. The first-order valence-electron chi connectivity index (χ1n) is 6.17. The van der Waals surface area contributed by atoms with Gasteiger partial charge in [0.05, 0.1) is 0 Å². The average Bonchev–Trinajstić information content (AvgIpc) is 2.24. The molecule has 0 saturated heterocycles. The van der Waals surface area contributed by atoms with Gasteiger partial charge in [-0.3, -0.25) is 4.90 Å². The van der Waals surface area contributed by atoms with Crippen LogP contribution in [0.2, 0.25) is 0 Å².